The van der Waals surface area contributed by atoms with Crippen LogP contribution in [0.3, 0.4) is 0 Å². The number of nitrogen functional groups attached to an aromatic ring is 1. The number of halogens is 1. The fourth-order valence-electron chi connectivity index (χ4n) is 3.56. The molecule has 154 valence electrons. The third kappa shape index (κ3) is 3.98. The number of aliphatic hydroxyl groups excluding tert-OH is 1. The van der Waals surface area contributed by atoms with E-state index in [2.05, 4.69) is 0 Å². The number of ketones is 1. The molecule has 0 aromatic heterocycles. The van der Waals surface area contributed by atoms with Crippen LogP contribution in [0.2, 0.25) is 5.02 Å². The molecular weight excluding hydrogens is 390 g/mol. The fraction of sp³-hybridized carbons (Fsp3) is 0.348. The SMILES string of the molecule is CCc1ccc(Oc2ccc(N)c(Cl)c2)cc1C1=C(O)C(C)(C)OC(C)(C)C1=O. The summed E-state index contributed by atoms with van der Waals surface area (Å²) >= 11 is 6.08. The maximum absolute atomic E-state index is 13.2. The Labute approximate surface area is 176 Å². The first-order valence-corrected chi connectivity index (χ1v) is 9.89. The summed E-state index contributed by atoms with van der Waals surface area (Å²) in [6.07, 6.45) is 0.690. The molecule has 3 N–H and O–H groups in total. The molecule has 0 radical (unpaired) electrons. The van der Waals surface area contributed by atoms with Crippen LogP contribution in [0.25, 0.3) is 5.57 Å². The van der Waals surface area contributed by atoms with Gasteiger partial charge in [-0.05, 0) is 69.5 Å². The van der Waals surface area contributed by atoms with Gasteiger partial charge in [0.2, 0.25) is 0 Å². The molecule has 0 atom stereocenters. The average molecular weight is 416 g/mol. The lowest BCUT2D eigenvalue weighted by atomic mass is 9.81. The maximum atomic E-state index is 13.2. The van der Waals surface area contributed by atoms with E-state index >= 15 is 0 Å². The number of ether oxygens (including phenoxy) is 2. The standard InChI is InChI=1S/C23H26ClNO4/c1-6-13-7-8-14(28-15-9-10-18(25)17(24)12-15)11-16(13)19-20(26)22(2,3)29-23(4,5)21(19)27/h7-12,26H,6,25H2,1-5H3. The van der Waals surface area contributed by atoms with Crippen molar-refractivity contribution in [2.75, 3.05) is 5.73 Å². The smallest absolute Gasteiger partial charge is 0.198 e. The van der Waals surface area contributed by atoms with Gasteiger partial charge in [0.25, 0.3) is 0 Å². The molecule has 0 saturated carbocycles. The Kier molecular flexibility index (Phi) is 5.41. The Morgan fingerprint density at radius 1 is 1.07 bits per heavy atom. The minimum Gasteiger partial charge on any atom is -0.508 e. The molecule has 2 aromatic carbocycles. The van der Waals surface area contributed by atoms with Crippen LogP contribution < -0.4 is 10.5 Å². The zero-order valence-electron chi connectivity index (χ0n) is 17.3. The third-order valence-corrected chi connectivity index (χ3v) is 5.36. The molecule has 5 nitrogen and oxygen atoms in total. The van der Waals surface area contributed by atoms with Crippen LogP contribution in [-0.4, -0.2) is 22.1 Å². The van der Waals surface area contributed by atoms with Crippen LogP contribution in [0, 0.1) is 0 Å². The number of carbonyl (C=O) groups excluding carboxylic acids is 1. The van der Waals surface area contributed by atoms with Crippen molar-refractivity contribution in [2.24, 2.45) is 0 Å². The monoisotopic (exact) mass is 415 g/mol. The largest absolute Gasteiger partial charge is 0.508 e. The first kappa shape index (κ1) is 21.2. The van der Waals surface area contributed by atoms with E-state index in [1.54, 1.807) is 52.0 Å². The van der Waals surface area contributed by atoms with Crippen molar-refractivity contribution in [1.82, 2.24) is 0 Å². The fourth-order valence-corrected chi connectivity index (χ4v) is 3.73. The average Bonchev–Trinajstić information content (AvgIpc) is 2.63. The van der Waals surface area contributed by atoms with Crippen molar-refractivity contribution in [1.29, 1.82) is 0 Å². The molecule has 1 aliphatic rings. The van der Waals surface area contributed by atoms with Crippen molar-refractivity contribution in [3.8, 4) is 11.5 Å². The van der Waals surface area contributed by atoms with Gasteiger partial charge in [-0.1, -0.05) is 24.6 Å². The van der Waals surface area contributed by atoms with Crippen molar-refractivity contribution in [3.63, 3.8) is 0 Å². The van der Waals surface area contributed by atoms with Gasteiger partial charge in [0.1, 0.15) is 28.5 Å². The Bertz CT molecular complexity index is 1010. The second-order valence-electron chi connectivity index (χ2n) is 8.13. The molecular formula is C23H26ClNO4. The summed E-state index contributed by atoms with van der Waals surface area (Å²) in [5.41, 5.74) is 6.01. The number of rotatable bonds is 4. The summed E-state index contributed by atoms with van der Waals surface area (Å²) < 4.78 is 11.8. The number of carbonyl (C=O) groups is 1. The van der Waals surface area contributed by atoms with E-state index in [-0.39, 0.29) is 17.1 Å². The second-order valence-corrected chi connectivity index (χ2v) is 8.54. The Hall–Kier alpha value is -2.50. The van der Waals surface area contributed by atoms with Crippen LogP contribution in [0.5, 0.6) is 11.5 Å². The number of Topliss-reactive ketones (excluding diaryl/α,β-unsaturated/α-hetero) is 1. The molecule has 0 saturated heterocycles. The minimum atomic E-state index is -1.06. The van der Waals surface area contributed by atoms with Gasteiger partial charge in [0.15, 0.2) is 5.78 Å². The van der Waals surface area contributed by atoms with Crippen molar-refractivity contribution in [2.45, 2.75) is 52.2 Å². The highest BCUT2D eigenvalue weighted by atomic mass is 35.5. The summed E-state index contributed by atoms with van der Waals surface area (Å²) in [5.74, 6) is 0.700. The molecule has 0 spiro atoms. The van der Waals surface area contributed by atoms with Crippen LogP contribution in [-0.2, 0) is 16.0 Å². The van der Waals surface area contributed by atoms with Crippen LogP contribution >= 0.6 is 11.6 Å². The van der Waals surface area contributed by atoms with E-state index in [0.717, 1.165) is 5.56 Å². The van der Waals surface area contributed by atoms with Gasteiger partial charge in [-0.25, -0.2) is 0 Å². The van der Waals surface area contributed by atoms with Crippen LogP contribution in [0.4, 0.5) is 5.69 Å². The highest BCUT2D eigenvalue weighted by Crippen LogP contribution is 2.42. The zero-order valence-corrected chi connectivity index (χ0v) is 18.1. The van der Waals surface area contributed by atoms with Crippen molar-refractivity contribution < 1.29 is 19.4 Å². The predicted octanol–water partition coefficient (Wildman–Crippen LogP) is 5.70. The lowest BCUT2D eigenvalue weighted by Gasteiger charge is -2.40. The summed E-state index contributed by atoms with van der Waals surface area (Å²) in [5, 5.41) is 11.3. The highest BCUT2D eigenvalue weighted by Gasteiger charge is 2.47. The lowest BCUT2D eigenvalue weighted by Crippen LogP contribution is -2.49. The van der Waals surface area contributed by atoms with Gasteiger partial charge in [-0.2, -0.15) is 0 Å². The van der Waals surface area contributed by atoms with E-state index in [1.165, 1.54) is 0 Å². The summed E-state index contributed by atoms with van der Waals surface area (Å²) in [6, 6.07) is 10.5. The maximum Gasteiger partial charge on any atom is 0.198 e. The molecule has 0 bridgehead atoms. The third-order valence-electron chi connectivity index (χ3n) is 5.03. The first-order chi connectivity index (χ1) is 13.5. The van der Waals surface area contributed by atoms with E-state index in [9.17, 15) is 9.90 Å². The Morgan fingerprint density at radius 3 is 2.31 bits per heavy atom. The van der Waals surface area contributed by atoms with Crippen molar-refractivity contribution >= 4 is 28.6 Å². The Morgan fingerprint density at radius 2 is 1.69 bits per heavy atom. The summed E-state index contributed by atoms with van der Waals surface area (Å²) in [7, 11) is 0. The van der Waals surface area contributed by atoms with E-state index < -0.39 is 11.2 Å². The predicted molar refractivity (Wildman–Crippen MR) is 116 cm³/mol. The lowest BCUT2D eigenvalue weighted by molar-refractivity contribution is -0.158. The van der Waals surface area contributed by atoms with Gasteiger partial charge in [0.05, 0.1) is 16.3 Å². The van der Waals surface area contributed by atoms with Gasteiger partial charge in [-0.15, -0.1) is 0 Å². The molecule has 0 aliphatic carbocycles. The number of hydrogen-bond donors (Lipinski definition) is 2. The molecule has 0 fully saturated rings. The van der Waals surface area contributed by atoms with Gasteiger partial charge < -0.3 is 20.3 Å². The number of benzene rings is 2. The first-order valence-electron chi connectivity index (χ1n) is 9.51. The van der Waals surface area contributed by atoms with Crippen LogP contribution in [0.1, 0.15) is 45.7 Å². The molecule has 1 heterocycles. The number of aryl methyl sites for hydroxylation is 1. The second kappa shape index (κ2) is 7.39. The molecule has 2 aromatic rings. The highest BCUT2D eigenvalue weighted by molar-refractivity contribution is 6.33. The number of aliphatic hydroxyl groups is 1. The zero-order chi connectivity index (χ0) is 21.6. The Balaban J connectivity index is 2.12. The number of anilines is 1. The van der Waals surface area contributed by atoms with E-state index in [0.29, 0.717) is 34.2 Å². The van der Waals surface area contributed by atoms with Crippen LogP contribution in [0.15, 0.2) is 42.2 Å². The molecule has 0 amide bonds. The summed E-state index contributed by atoms with van der Waals surface area (Å²) in [6.45, 7) is 8.92. The summed E-state index contributed by atoms with van der Waals surface area (Å²) in [4.78, 5) is 13.2. The quantitative estimate of drug-likeness (QED) is 0.625. The molecule has 29 heavy (non-hydrogen) atoms. The van der Waals surface area contributed by atoms with Gasteiger partial charge in [-0.3, -0.25) is 4.79 Å². The van der Waals surface area contributed by atoms with Crippen molar-refractivity contribution in [3.05, 3.63) is 58.3 Å². The molecule has 0 unspecified atom stereocenters. The number of hydrogen-bond acceptors (Lipinski definition) is 5. The molecule has 1 aliphatic heterocycles. The normalized spacial score (nSPS) is 18.1. The minimum absolute atomic E-state index is 0.0794. The van der Waals surface area contributed by atoms with E-state index in [4.69, 9.17) is 26.8 Å². The van der Waals surface area contributed by atoms with Gasteiger partial charge in [0, 0.05) is 6.07 Å². The number of nitrogens with two attached hydrogens (primary N) is 1. The topological polar surface area (TPSA) is 81.8 Å². The van der Waals surface area contributed by atoms with E-state index in [1.807, 2.05) is 19.1 Å². The molecule has 3 rings (SSSR count). The van der Waals surface area contributed by atoms with Gasteiger partial charge >= 0.3 is 0 Å². The molecule has 6 heteroatoms.